The zero-order valence-electron chi connectivity index (χ0n) is 13.3. The molecule has 0 aliphatic carbocycles. The van der Waals surface area contributed by atoms with Gasteiger partial charge in [0.05, 0.1) is 18.2 Å². The smallest absolute Gasteiger partial charge is 0.223 e. The number of halogens is 1. The van der Waals surface area contributed by atoms with Crippen molar-refractivity contribution >= 4 is 23.3 Å². The van der Waals surface area contributed by atoms with Crippen LogP contribution in [0.3, 0.4) is 0 Å². The van der Waals surface area contributed by atoms with Gasteiger partial charge in [0.15, 0.2) is 5.78 Å². The lowest BCUT2D eigenvalue weighted by molar-refractivity contribution is -0.152. The number of hydrogen-bond donors (Lipinski definition) is 0. The first-order valence-electron chi connectivity index (χ1n) is 7.50. The first kappa shape index (κ1) is 17.0. The molecule has 1 fully saturated rings. The summed E-state index contributed by atoms with van der Waals surface area (Å²) < 4.78 is 5.61. The Morgan fingerprint density at radius 3 is 2.55 bits per heavy atom. The first-order chi connectivity index (χ1) is 10.3. The lowest BCUT2D eigenvalue weighted by Crippen LogP contribution is -2.57. The SMILES string of the molecule is CC1CN(C(=O)CCC(=O)c2ccc(Cl)cc2)C(C)(C)CO1. The fourth-order valence-corrected chi connectivity index (χ4v) is 2.68. The Morgan fingerprint density at radius 2 is 1.91 bits per heavy atom. The second-order valence-corrected chi connectivity index (χ2v) is 6.80. The molecule has 1 saturated heterocycles. The molecule has 22 heavy (non-hydrogen) atoms. The third-order valence-corrected chi connectivity index (χ3v) is 4.18. The maximum absolute atomic E-state index is 12.4. The third kappa shape index (κ3) is 4.08. The maximum Gasteiger partial charge on any atom is 0.223 e. The van der Waals surface area contributed by atoms with Crippen molar-refractivity contribution in [1.29, 1.82) is 0 Å². The van der Waals surface area contributed by atoms with Crippen LogP contribution in [0.4, 0.5) is 0 Å². The minimum absolute atomic E-state index is 0.00228. The molecule has 0 bridgehead atoms. The molecule has 0 spiro atoms. The van der Waals surface area contributed by atoms with E-state index in [1.807, 2.05) is 25.7 Å². The molecule has 1 heterocycles. The number of ether oxygens (including phenoxy) is 1. The van der Waals surface area contributed by atoms with E-state index >= 15 is 0 Å². The summed E-state index contributed by atoms with van der Waals surface area (Å²) in [5, 5.41) is 0.594. The van der Waals surface area contributed by atoms with Gasteiger partial charge in [-0.05, 0) is 45.0 Å². The van der Waals surface area contributed by atoms with Gasteiger partial charge >= 0.3 is 0 Å². The Balaban J connectivity index is 1.94. The van der Waals surface area contributed by atoms with Crippen LogP contribution in [-0.4, -0.2) is 41.4 Å². The van der Waals surface area contributed by atoms with E-state index in [9.17, 15) is 9.59 Å². The van der Waals surface area contributed by atoms with Gasteiger partial charge in [0, 0.05) is 30.0 Å². The standard InChI is InChI=1S/C17H22ClNO3/c1-12-10-19(17(2,3)11-22-12)16(21)9-8-15(20)13-4-6-14(18)7-5-13/h4-7,12H,8-11H2,1-3H3. The van der Waals surface area contributed by atoms with Crippen LogP contribution in [0, 0.1) is 0 Å². The molecular formula is C17H22ClNO3. The molecule has 1 aliphatic heterocycles. The van der Waals surface area contributed by atoms with E-state index in [4.69, 9.17) is 16.3 Å². The molecule has 2 rings (SSSR count). The summed E-state index contributed by atoms with van der Waals surface area (Å²) in [6.45, 7) is 7.01. The molecule has 0 radical (unpaired) electrons. The van der Waals surface area contributed by atoms with Crippen LogP contribution >= 0.6 is 11.6 Å². The number of amides is 1. The number of Topliss-reactive ketones (excluding diaryl/α,β-unsaturated/α-hetero) is 1. The number of ketones is 1. The van der Waals surface area contributed by atoms with Gasteiger partial charge in [0.25, 0.3) is 0 Å². The molecular weight excluding hydrogens is 302 g/mol. The number of rotatable bonds is 4. The number of carbonyl (C=O) groups is 2. The Labute approximate surface area is 136 Å². The third-order valence-electron chi connectivity index (χ3n) is 3.92. The van der Waals surface area contributed by atoms with Crippen LogP contribution in [0.1, 0.15) is 44.0 Å². The molecule has 1 aromatic carbocycles. The van der Waals surface area contributed by atoms with Gasteiger partial charge in [0.2, 0.25) is 5.91 Å². The average Bonchev–Trinajstić information content (AvgIpc) is 2.47. The molecule has 4 nitrogen and oxygen atoms in total. The molecule has 1 unspecified atom stereocenters. The first-order valence-corrected chi connectivity index (χ1v) is 7.88. The highest BCUT2D eigenvalue weighted by molar-refractivity contribution is 6.30. The van der Waals surface area contributed by atoms with Crippen molar-refractivity contribution < 1.29 is 14.3 Å². The van der Waals surface area contributed by atoms with Gasteiger partial charge in [0.1, 0.15) is 0 Å². The second-order valence-electron chi connectivity index (χ2n) is 6.37. The van der Waals surface area contributed by atoms with E-state index < -0.39 is 0 Å². The predicted molar refractivity (Wildman–Crippen MR) is 86.2 cm³/mol. The van der Waals surface area contributed by atoms with Gasteiger partial charge in [-0.15, -0.1) is 0 Å². The molecule has 0 N–H and O–H groups in total. The van der Waals surface area contributed by atoms with Crippen LogP contribution in [0.15, 0.2) is 24.3 Å². The highest BCUT2D eigenvalue weighted by Crippen LogP contribution is 2.23. The van der Waals surface area contributed by atoms with Crippen molar-refractivity contribution in [1.82, 2.24) is 4.90 Å². The molecule has 1 atom stereocenters. The van der Waals surface area contributed by atoms with Crippen LogP contribution in [0.25, 0.3) is 0 Å². The number of nitrogens with zero attached hydrogens (tertiary/aromatic N) is 1. The number of carbonyl (C=O) groups excluding carboxylic acids is 2. The number of benzene rings is 1. The lowest BCUT2D eigenvalue weighted by Gasteiger charge is -2.44. The lowest BCUT2D eigenvalue weighted by atomic mass is 9.99. The summed E-state index contributed by atoms with van der Waals surface area (Å²) in [4.78, 5) is 26.4. The summed E-state index contributed by atoms with van der Waals surface area (Å²) in [6, 6.07) is 6.75. The minimum atomic E-state index is -0.326. The van der Waals surface area contributed by atoms with E-state index in [1.165, 1.54) is 0 Å². The summed E-state index contributed by atoms with van der Waals surface area (Å²) >= 11 is 5.81. The molecule has 1 aliphatic rings. The van der Waals surface area contributed by atoms with E-state index in [-0.39, 0.29) is 36.2 Å². The quantitative estimate of drug-likeness (QED) is 0.798. The van der Waals surface area contributed by atoms with E-state index in [1.54, 1.807) is 24.3 Å². The number of hydrogen-bond acceptors (Lipinski definition) is 3. The normalized spacial score (nSPS) is 20.7. The Hall–Kier alpha value is -1.39. The zero-order chi connectivity index (χ0) is 16.3. The molecule has 1 amide bonds. The van der Waals surface area contributed by atoms with Gasteiger partial charge in [-0.1, -0.05) is 11.6 Å². The Bertz CT molecular complexity index is 554. The second kappa shape index (κ2) is 6.80. The van der Waals surface area contributed by atoms with Crippen molar-refractivity contribution in [2.75, 3.05) is 13.2 Å². The van der Waals surface area contributed by atoms with Gasteiger partial charge in [-0.2, -0.15) is 0 Å². The molecule has 1 aromatic rings. The van der Waals surface area contributed by atoms with Gasteiger partial charge in [-0.25, -0.2) is 0 Å². The van der Waals surface area contributed by atoms with Crippen molar-refractivity contribution in [2.45, 2.75) is 45.3 Å². The van der Waals surface area contributed by atoms with Crippen LogP contribution in [0.5, 0.6) is 0 Å². The summed E-state index contributed by atoms with van der Waals surface area (Å²) in [6.07, 6.45) is 0.462. The van der Waals surface area contributed by atoms with Crippen molar-refractivity contribution in [3.05, 3.63) is 34.9 Å². The Morgan fingerprint density at radius 1 is 1.27 bits per heavy atom. The summed E-state index contributed by atoms with van der Waals surface area (Å²) in [5.41, 5.74) is 0.263. The van der Waals surface area contributed by atoms with Crippen molar-refractivity contribution in [3.8, 4) is 0 Å². The van der Waals surface area contributed by atoms with Gasteiger partial charge in [-0.3, -0.25) is 9.59 Å². The highest BCUT2D eigenvalue weighted by atomic mass is 35.5. The summed E-state index contributed by atoms with van der Waals surface area (Å²) in [7, 11) is 0. The zero-order valence-corrected chi connectivity index (χ0v) is 14.0. The summed E-state index contributed by atoms with van der Waals surface area (Å²) in [5.74, 6) is -0.0356. The van der Waals surface area contributed by atoms with Crippen molar-refractivity contribution in [3.63, 3.8) is 0 Å². The van der Waals surface area contributed by atoms with Gasteiger partial charge < -0.3 is 9.64 Å². The topological polar surface area (TPSA) is 46.6 Å². The Kier molecular flexibility index (Phi) is 5.24. The van der Waals surface area contributed by atoms with Crippen LogP contribution in [0.2, 0.25) is 5.02 Å². The monoisotopic (exact) mass is 323 g/mol. The van der Waals surface area contributed by atoms with Crippen LogP contribution < -0.4 is 0 Å². The molecule has 5 heteroatoms. The predicted octanol–water partition coefficient (Wildman–Crippen LogP) is 3.33. The van der Waals surface area contributed by atoms with E-state index in [0.29, 0.717) is 23.7 Å². The highest BCUT2D eigenvalue weighted by Gasteiger charge is 2.36. The minimum Gasteiger partial charge on any atom is -0.374 e. The molecule has 0 aromatic heterocycles. The fourth-order valence-electron chi connectivity index (χ4n) is 2.56. The van der Waals surface area contributed by atoms with E-state index in [0.717, 1.165) is 0 Å². The maximum atomic E-state index is 12.4. The largest absolute Gasteiger partial charge is 0.374 e. The molecule has 0 saturated carbocycles. The molecule has 120 valence electrons. The average molecular weight is 324 g/mol. The fraction of sp³-hybridized carbons (Fsp3) is 0.529. The van der Waals surface area contributed by atoms with Crippen LogP contribution in [-0.2, 0) is 9.53 Å². The van der Waals surface area contributed by atoms with E-state index in [2.05, 4.69) is 0 Å². The number of morpholine rings is 1. The van der Waals surface area contributed by atoms with Crippen molar-refractivity contribution in [2.24, 2.45) is 0 Å².